The van der Waals surface area contributed by atoms with Gasteiger partial charge in [0.15, 0.2) is 0 Å². The fourth-order valence-corrected chi connectivity index (χ4v) is 3.46. The summed E-state index contributed by atoms with van der Waals surface area (Å²) in [6.45, 7) is 5.67. The normalized spacial score (nSPS) is 13.3. The number of nitrogens with one attached hydrogen (secondary N) is 1. The lowest BCUT2D eigenvalue weighted by Crippen LogP contribution is -2.37. The van der Waals surface area contributed by atoms with E-state index in [0.29, 0.717) is 32.6 Å². The number of amides is 1. The maximum atomic E-state index is 13.3. The first-order valence-electron chi connectivity index (χ1n) is 9.59. The molecule has 164 valence electrons. The van der Waals surface area contributed by atoms with Crippen molar-refractivity contribution >= 4 is 28.4 Å². The van der Waals surface area contributed by atoms with Crippen LogP contribution < -0.4 is 5.32 Å². The van der Waals surface area contributed by atoms with Crippen LogP contribution in [0, 0.1) is 6.92 Å². The second-order valence-corrected chi connectivity index (χ2v) is 8.49. The molecule has 0 aliphatic carbocycles. The van der Waals surface area contributed by atoms with Crippen molar-refractivity contribution in [2.24, 2.45) is 0 Å². The van der Waals surface area contributed by atoms with Crippen molar-refractivity contribution in [3.8, 4) is 5.75 Å². The van der Waals surface area contributed by atoms with Crippen LogP contribution >= 0.6 is 11.6 Å². The summed E-state index contributed by atoms with van der Waals surface area (Å²) in [5, 5.41) is 13.5. The highest BCUT2D eigenvalue weighted by Gasteiger charge is 2.49. The van der Waals surface area contributed by atoms with E-state index in [1.807, 2.05) is 0 Å². The number of rotatable bonds is 4. The number of phenols is 1. The zero-order valence-electron chi connectivity index (χ0n) is 17.4. The summed E-state index contributed by atoms with van der Waals surface area (Å²) < 4.78 is 39.9. The zero-order chi connectivity index (χ0) is 23.1. The molecule has 8 heteroatoms. The number of nitrogens with zero attached hydrogens (tertiary/aromatic N) is 1. The van der Waals surface area contributed by atoms with Gasteiger partial charge in [-0.05, 0) is 75.2 Å². The lowest BCUT2D eigenvalue weighted by atomic mass is 9.87. The monoisotopic (exact) mass is 450 g/mol. The van der Waals surface area contributed by atoms with Crippen LogP contribution in [0.2, 0.25) is 5.02 Å². The molecule has 0 aliphatic rings. The second kappa shape index (κ2) is 8.04. The maximum Gasteiger partial charge on any atom is 0.399 e. The van der Waals surface area contributed by atoms with Crippen molar-refractivity contribution in [3.05, 3.63) is 69.9 Å². The molecule has 0 saturated carbocycles. The quantitative estimate of drug-likeness (QED) is 0.495. The molecule has 4 nitrogen and oxygen atoms in total. The summed E-state index contributed by atoms with van der Waals surface area (Å²) in [6, 6.07) is 10.2. The number of aryl methyl sites for hydroxylation is 1. The number of phenolic OH excluding ortho intramolecular Hbond substituents is 1. The van der Waals surface area contributed by atoms with Crippen LogP contribution in [0.1, 0.15) is 54.0 Å². The van der Waals surface area contributed by atoms with Crippen LogP contribution in [0.25, 0.3) is 10.9 Å². The van der Waals surface area contributed by atoms with Crippen LogP contribution in [0.5, 0.6) is 5.75 Å². The Labute approximate surface area is 183 Å². The van der Waals surface area contributed by atoms with E-state index in [9.17, 15) is 23.1 Å². The molecule has 31 heavy (non-hydrogen) atoms. The number of halogens is 4. The molecular formula is C23H22ClF3N2O2. The number of aromatic nitrogens is 1. The largest absolute Gasteiger partial charge is 0.508 e. The highest BCUT2D eigenvalue weighted by atomic mass is 35.5. The summed E-state index contributed by atoms with van der Waals surface area (Å²) in [7, 11) is 0. The molecule has 0 aliphatic heterocycles. The fraction of sp³-hybridized carbons (Fsp3) is 0.304. The molecule has 3 aromatic rings. The Morgan fingerprint density at radius 2 is 1.81 bits per heavy atom. The van der Waals surface area contributed by atoms with Gasteiger partial charge in [0.05, 0.1) is 17.3 Å². The third-order valence-electron chi connectivity index (χ3n) is 5.43. The van der Waals surface area contributed by atoms with E-state index in [1.165, 1.54) is 30.3 Å². The standard InChI is InChI=1S/C23H22ClF3N2O2/c1-12-9-16(17(24)11-19(12)30)13(2)28-21(31)15-5-7-18-14(10-15)6-8-20(29-18)22(3,4)23(25,26)27/h5-11,13,30H,1-4H3,(H,28,31)/t13-/m1/s1. The summed E-state index contributed by atoms with van der Waals surface area (Å²) in [5.74, 6) is -0.293. The average molecular weight is 451 g/mol. The Morgan fingerprint density at radius 3 is 2.45 bits per heavy atom. The minimum atomic E-state index is -4.43. The Kier molecular flexibility index (Phi) is 5.93. The SMILES string of the molecule is Cc1cc([C@@H](C)NC(=O)c2ccc3nc(C(C)(C)C(F)(F)F)ccc3c2)c(Cl)cc1O. The molecule has 0 radical (unpaired) electrons. The molecule has 2 aromatic carbocycles. The number of benzene rings is 2. The molecule has 1 aromatic heterocycles. The third kappa shape index (κ3) is 4.46. The first kappa shape index (κ1) is 22.9. The van der Waals surface area contributed by atoms with Crippen LogP contribution in [0.4, 0.5) is 13.2 Å². The number of carbonyl (C=O) groups excluding carboxylic acids is 1. The van der Waals surface area contributed by atoms with Crippen molar-refractivity contribution in [2.45, 2.75) is 45.3 Å². The molecular weight excluding hydrogens is 429 g/mol. The Hall–Kier alpha value is -2.80. The number of pyridine rings is 1. The first-order valence-corrected chi connectivity index (χ1v) is 9.97. The summed E-state index contributed by atoms with van der Waals surface area (Å²) >= 11 is 6.19. The van der Waals surface area contributed by atoms with E-state index in [0.717, 1.165) is 13.8 Å². The molecule has 3 rings (SSSR count). The molecule has 2 N–H and O–H groups in total. The third-order valence-corrected chi connectivity index (χ3v) is 5.76. The van der Waals surface area contributed by atoms with Gasteiger partial charge in [-0.2, -0.15) is 13.2 Å². The van der Waals surface area contributed by atoms with E-state index >= 15 is 0 Å². The topological polar surface area (TPSA) is 62.2 Å². The smallest absolute Gasteiger partial charge is 0.399 e. The predicted molar refractivity (Wildman–Crippen MR) is 115 cm³/mol. The van der Waals surface area contributed by atoms with Gasteiger partial charge in [-0.25, -0.2) is 0 Å². The zero-order valence-corrected chi connectivity index (χ0v) is 18.2. The summed E-state index contributed by atoms with van der Waals surface area (Å²) in [5.41, 5.74) is -0.168. The maximum absolute atomic E-state index is 13.3. The van der Waals surface area contributed by atoms with E-state index in [2.05, 4.69) is 10.3 Å². The van der Waals surface area contributed by atoms with Crippen LogP contribution in [-0.4, -0.2) is 22.2 Å². The molecule has 0 bridgehead atoms. The number of aromatic hydroxyl groups is 1. The first-order chi connectivity index (χ1) is 14.3. The van der Waals surface area contributed by atoms with Crippen LogP contribution in [0.15, 0.2) is 42.5 Å². The van der Waals surface area contributed by atoms with E-state index in [1.54, 1.807) is 26.0 Å². The van der Waals surface area contributed by atoms with Crippen molar-refractivity contribution in [1.29, 1.82) is 0 Å². The van der Waals surface area contributed by atoms with Crippen LogP contribution in [-0.2, 0) is 5.41 Å². The number of alkyl halides is 3. The van der Waals surface area contributed by atoms with Gasteiger partial charge in [-0.3, -0.25) is 9.78 Å². The van der Waals surface area contributed by atoms with Gasteiger partial charge in [-0.15, -0.1) is 0 Å². The van der Waals surface area contributed by atoms with Gasteiger partial charge in [0.25, 0.3) is 5.91 Å². The highest BCUT2D eigenvalue weighted by Crippen LogP contribution is 2.40. The van der Waals surface area contributed by atoms with Crippen molar-refractivity contribution < 1.29 is 23.1 Å². The summed E-state index contributed by atoms with van der Waals surface area (Å²) in [6.07, 6.45) is -4.43. The molecule has 0 fully saturated rings. The minimum Gasteiger partial charge on any atom is -0.508 e. The second-order valence-electron chi connectivity index (χ2n) is 8.08. The predicted octanol–water partition coefficient (Wildman–Crippen LogP) is 6.23. The molecule has 0 unspecified atom stereocenters. The fourth-order valence-electron chi connectivity index (χ4n) is 3.14. The number of hydrogen-bond acceptors (Lipinski definition) is 3. The van der Waals surface area contributed by atoms with Crippen molar-refractivity contribution in [1.82, 2.24) is 10.3 Å². The Morgan fingerprint density at radius 1 is 1.13 bits per heavy atom. The van der Waals surface area contributed by atoms with Gasteiger partial charge >= 0.3 is 6.18 Å². The molecule has 1 amide bonds. The van der Waals surface area contributed by atoms with Gasteiger partial charge in [0, 0.05) is 16.0 Å². The Balaban J connectivity index is 1.86. The van der Waals surface area contributed by atoms with E-state index in [-0.39, 0.29) is 17.4 Å². The average Bonchev–Trinajstić information content (AvgIpc) is 2.68. The number of fused-ring (bicyclic) bond motifs is 1. The molecule has 1 heterocycles. The van der Waals surface area contributed by atoms with Crippen molar-refractivity contribution in [2.75, 3.05) is 0 Å². The van der Waals surface area contributed by atoms with Gasteiger partial charge in [0.1, 0.15) is 11.2 Å². The van der Waals surface area contributed by atoms with Crippen LogP contribution in [0.3, 0.4) is 0 Å². The van der Waals surface area contributed by atoms with Crippen molar-refractivity contribution in [3.63, 3.8) is 0 Å². The molecule has 0 spiro atoms. The van der Waals surface area contributed by atoms with Gasteiger partial charge in [0.2, 0.25) is 0 Å². The lowest BCUT2D eigenvalue weighted by molar-refractivity contribution is -0.181. The number of hydrogen-bond donors (Lipinski definition) is 2. The minimum absolute atomic E-state index is 0.0716. The van der Waals surface area contributed by atoms with Gasteiger partial charge in [-0.1, -0.05) is 17.7 Å². The number of carbonyl (C=O) groups is 1. The highest BCUT2D eigenvalue weighted by molar-refractivity contribution is 6.31. The molecule has 1 atom stereocenters. The summed E-state index contributed by atoms with van der Waals surface area (Å²) in [4.78, 5) is 16.9. The van der Waals surface area contributed by atoms with Gasteiger partial charge < -0.3 is 10.4 Å². The Bertz CT molecular complexity index is 1160. The van der Waals surface area contributed by atoms with E-state index in [4.69, 9.17) is 11.6 Å². The lowest BCUT2D eigenvalue weighted by Gasteiger charge is -2.27. The molecule has 0 saturated heterocycles. The van der Waals surface area contributed by atoms with E-state index < -0.39 is 17.6 Å².